The molecule has 1 saturated heterocycles. The molecule has 232 valence electrons. The Morgan fingerprint density at radius 1 is 0.929 bits per heavy atom. The number of fused-ring (bicyclic) bond motifs is 1. The van der Waals surface area contributed by atoms with Crippen molar-refractivity contribution in [2.75, 3.05) is 50.5 Å². The van der Waals surface area contributed by atoms with E-state index in [0.717, 1.165) is 37.4 Å². The van der Waals surface area contributed by atoms with Crippen molar-refractivity contribution >= 4 is 23.3 Å². The van der Waals surface area contributed by atoms with Crippen molar-refractivity contribution in [3.8, 4) is 0 Å². The number of hydrogen-bond acceptors (Lipinski definition) is 5. The molecule has 0 radical (unpaired) electrons. The zero-order chi connectivity index (χ0) is 29.7. The Balaban J connectivity index is 1.17. The van der Waals surface area contributed by atoms with Crippen molar-refractivity contribution in [1.29, 1.82) is 0 Å². The smallest absolute Gasteiger partial charge is 0.317 e. The number of carbonyl (C=O) groups excluding carboxylic acids is 2. The van der Waals surface area contributed by atoms with Gasteiger partial charge in [0.2, 0.25) is 0 Å². The molecule has 1 fully saturated rings. The monoisotopic (exact) mass is 579 g/mol. The van der Waals surface area contributed by atoms with Gasteiger partial charge >= 0.3 is 6.03 Å². The predicted octanol–water partition coefficient (Wildman–Crippen LogP) is 6.11. The Hall–Kier alpha value is -3.07. The van der Waals surface area contributed by atoms with E-state index >= 15 is 0 Å². The molecule has 1 unspecified atom stereocenters. The fourth-order valence-electron chi connectivity index (χ4n) is 6.10. The zero-order valence-electron chi connectivity index (χ0n) is 26.2. The van der Waals surface area contributed by atoms with Crippen molar-refractivity contribution in [1.82, 2.24) is 24.7 Å². The van der Waals surface area contributed by atoms with Crippen LogP contribution in [0.4, 0.5) is 16.2 Å². The van der Waals surface area contributed by atoms with E-state index in [-0.39, 0.29) is 11.9 Å². The third-order valence-corrected chi connectivity index (χ3v) is 8.81. The summed E-state index contributed by atoms with van der Waals surface area (Å²) in [5, 5.41) is 6.10. The van der Waals surface area contributed by atoms with E-state index in [4.69, 9.17) is 0 Å². The fraction of sp³-hybridized carbons (Fsp3) is 0.667. The van der Waals surface area contributed by atoms with Crippen molar-refractivity contribution in [3.63, 3.8) is 0 Å². The first-order valence-electron chi connectivity index (χ1n) is 16.4. The highest BCUT2D eigenvalue weighted by Gasteiger charge is 2.26. The first-order valence-corrected chi connectivity index (χ1v) is 16.4. The number of hydrogen-bond donors (Lipinski definition) is 2. The minimum absolute atomic E-state index is 0.0446. The second-order valence-corrected chi connectivity index (χ2v) is 12.3. The summed E-state index contributed by atoms with van der Waals surface area (Å²) in [6, 6.07) is 8.65. The van der Waals surface area contributed by atoms with Crippen LogP contribution < -0.4 is 15.5 Å². The van der Waals surface area contributed by atoms with E-state index in [1.165, 1.54) is 69.9 Å². The first kappa shape index (κ1) is 31.9. The van der Waals surface area contributed by atoms with E-state index in [2.05, 4.69) is 58.6 Å². The number of amides is 3. The summed E-state index contributed by atoms with van der Waals surface area (Å²) in [5.41, 5.74) is 2.49. The molecular formula is C33H53N7O2. The van der Waals surface area contributed by atoms with Gasteiger partial charge in [0.25, 0.3) is 5.91 Å². The van der Waals surface area contributed by atoms with Gasteiger partial charge in [-0.25, -0.2) is 9.78 Å². The molecular weight excluding hydrogens is 526 g/mol. The highest BCUT2D eigenvalue weighted by molar-refractivity contribution is 6.03. The standard InChI is InChI=1S/C33H53N7O2/c1-4-5-6-7-8-9-10-11-12-13-20-34-33(42)39-22-23-40-30(24-35-31(40)26-39)32(41)36-27-16-18-28(19-17-27)38-21-14-15-29(25-38)37(2)3/h16-19,24,29H,4-15,20-23,25-26H2,1-3H3,(H,34,42)(H,36,41). The lowest BCUT2D eigenvalue weighted by atomic mass is 10.0. The highest BCUT2D eigenvalue weighted by atomic mass is 16.2. The van der Waals surface area contributed by atoms with Crippen molar-refractivity contribution in [2.45, 2.75) is 103 Å². The molecule has 3 heterocycles. The Kier molecular flexibility index (Phi) is 12.5. The maximum absolute atomic E-state index is 13.1. The molecule has 1 aromatic heterocycles. The summed E-state index contributed by atoms with van der Waals surface area (Å²) in [6.45, 7) is 6.58. The third-order valence-electron chi connectivity index (χ3n) is 8.81. The van der Waals surface area contributed by atoms with E-state index in [9.17, 15) is 9.59 Å². The fourth-order valence-corrected chi connectivity index (χ4v) is 6.10. The van der Waals surface area contributed by atoms with E-state index in [1.54, 1.807) is 11.1 Å². The quantitative estimate of drug-likeness (QED) is 0.249. The lowest BCUT2D eigenvalue weighted by Gasteiger charge is -2.37. The molecule has 0 bridgehead atoms. The molecule has 2 aliphatic rings. The Morgan fingerprint density at radius 2 is 1.62 bits per heavy atom. The Labute approximate surface area is 253 Å². The number of aromatic nitrogens is 2. The molecule has 42 heavy (non-hydrogen) atoms. The first-order chi connectivity index (χ1) is 20.5. The summed E-state index contributed by atoms with van der Waals surface area (Å²) in [4.78, 5) is 36.8. The lowest BCUT2D eigenvalue weighted by molar-refractivity contribution is 0.101. The summed E-state index contributed by atoms with van der Waals surface area (Å²) >= 11 is 0. The molecule has 9 heteroatoms. The van der Waals surface area contributed by atoms with Gasteiger partial charge in [0.15, 0.2) is 0 Å². The average Bonchev–Trinajstić information content (AvgIpc) is 3.44. The second kappa shape index (κ2) is 16.5. The number of urea groups is 1. The van der Waals surface area contributed by atoms with Gasteiger partial charge in [-0.1, -0.05) is 64.7 Å². The van der Waals surface area contributed by atoms with Crippen molar-refractivity contribution < 1.29 is 9.59 Å². The van der Waals surface area contributed by atoms with Crippen LogP contribution in [0.25, 0.3) is 0 Å². The number of unbranched alkanes of at least 4 members (excludes halogenated alkanes) is 9. The molecule has 3 amide bonds. The molecule has 4 rings (SSSR count). The normalized spacial score (nSPS) is 16.9. The predicted molar refractivity (Wildman–Crippen MR) is 171 cm³/mol. The van der Waals surface area contributed by atoms with Crippen LogP contribution in [-0.2, 0) is 13.1 Å². The minimum atomic E-state index is -0.175. The largest absolute Gasteiger partial charge is 0.370 e. The molecule has 9 nitrogen and oxygen atoms in total. The Bertz CT molecular complexity index is 1110. The number of imidazole rings is 1. The SMILES string of the molecule is CCCCCCCCCCCCNC(=O)N1CCn2c(C(=O)Nc3ccc(N4CCCC(N(C)C)C4)cc3)cnc2C1. The van der Waals surface area contributed by atoms with Gasteiger partial charge in [-0.05, 0) is 57.6 Å². The number of anilines is 2. The minimum Gasteiger partial charge on any atom is -0.370 e. The molecule has 1 aromatic carbocycles. The summed E-state index contributed by atoms with van der Waals surface area (Å²) in [5.74, 6) is 0.572. The highest BCUT2D eigenvalue weighted by Crippen LogP contribution is 2.24. The number of carbonyl (C=O) groups is 2. The van der Waals surface area contributed by atoms with Gasteiger partial charge < -0.3 is 29.9 Å². The zero-order valence-corrected chi connectivity index (χ0v) is 26.2. The second-order valence-electron chi connectivity index (χ2n) is 12.3. The van der Waals surface area contributed by atoms with Gasteiger partial charge in [-0.3, -0.25) is 4.79 Å². The number of nitrogens with zero attached hydrogens (tertiary/aromatic N) is 5. The maximum atomic E-state index is 13.1. The molecule has 2 N–H and O–H groups in total. The molecule has 2 aromatic rings. The van der Waals surface area contributed by atoms with E-state index < -0.39 is 0 Å². The van der Waals surface area contributed by atoms with Crippen molar-refractivity contribution in [2.24, 2.45) is 0 Å². The molecule has 0 aliphatic carbocycles. The number of piperidine rings is 1. The summed E-state index contributed by atoms with van der Waals surface area (Å²) in [7, 11) is 4.29. The van der Waals surface area contributed by atoms with Crippen LogP contribution in [0.1, 0.15) is 100 Å². The van der Waals surface area contributed by atoms with Crippen LogP contribution in [0, 0.1) is 0 Å². The van der Waals surface area contributed by atoms with Gasteiger partial charge in [0, 0.05) is 50.1 Å². The van der Waals surface area contributed by atoms with Crippen LogP contribution >= 0.6 is 0 Å². The molecule has 0 saturated carbocycles. The van der Waals surface area contributed by atoms with E-state index in [1.807, 2.05) is 16.7 Å². The Morgan fingerprint density at radius 3 is 2.31 bits per heavy atom. The number of rotatable bonds is 15. The number of likely N-dealkylation sites (N-methyl/N-ethyl adjacent to an activating group) is 1. The molecule has 0 spiro atoms. The number of benzene rings is 1. The van der Waals surface area contributed by atoms with Crippen LogP contribution in [-0.4, -0.2) is 77.6 Å². The van der Waals surface area contributed by atoms with Crippen LogP contribution in [0.15, 0.2) is 30.5 Å². The number of nitrogens with one attached hydrogen (secondary N) is 2. The van der Waals surface area contributed by atoms with Crippen LogP contribution in [0.5, 0.6) is 0 Å². The maximum Gasteiger partial charge on any atom is 0.317 e. The van der Waals surface area contributed by atoms with E-state index in [0.29, 0.717) is 37.9 Å². The van der Waals surface area contributed by atoms with Gasteiger partial charge in [0.1, 0.15) is 11.5 Å². The van der Waals surface area contributed by atoms with Gasteiger partial charge in [-0.2, -0.15) is 0 Å². The van der Waals surface area contributed by atoms with Crippen LogP contribution in [0.2, 0.25) is 0 Å². The lowest BCUT2D eigenvalue weighted by Crippen LogP contribution is -2.45. The van der Waals surface area contributed by atoms with Gasteiger partial charge in [-0.15, -0.1) is 0 Å². The summed E-state index contributed by atoms with van der Waals surface area (Å²) < 4.78 is 1.94. The summed E-state index contributed by atoms with van der Waals surface area (Å²) in [6.07, 6.45) is 16.9. The average molecular weight is 580 g/mol. The van der Waals surface area contributed by atoms with Crippen molar-refractivity contribution in [3.05, 3.63) is 42.0 Å². The van der Waals surface area contributed by atoms with Gasteiger partial charge in [0.05, 0.1) is 12.7 Å². The molecule has 2 aliphatic heterocycles. The van der Waals surface area contributed by atoms with Crippen LogP contribution in [0.3, 0.4) is 0 Å². The molecule has 1 atom stereocenters. The third kappa shape index (κ3) is 9.21. The topological polar surface area (TPSA) is 85.7 Å².